The van der Waals surface area contributed by atoms with Crippen LogP contribution in [0.2, 0.25) is 0 Å². The van der Waals surface area contributed by atoms with E-state index in [0.717, 1.165) is 24.1 Å². The van der Waals surface area contributed by atoms with E-state index in [2.05, 4.69) is 10.3 Å². The molecule has 0 bridgehead atoms. The molecule has 0 saturated carbocycles. The van der Waals surface area contributed by atoms with Crippen LogP contribution >= 0.6 is 11.3 Å². The van der Waals surface area contributed by atoms with E-state index in [-0.39, 0.29) is 12.5 Å². The maximum atomic E-state index is 13.4. The van der Waals surface area contributed by atoms with Crippen LogP contribution in [-0.2, 0) is 13.0 Å². The van der Waals surface area contributed by atoms with Gasteiger partial charge >= 0.3 is 0 Å². The molecule has 1 N–H and O–H groups in total. The zero-order valence-corrected chi connectivity index (χ0v) is 13.7. The summed E-state index contributed by atoms with van der Waals surface area (Å²) in [5.41, 5.74) is 2.02. The number of benzene rings is 1. The molecule has 2 heterocycles. The SMILES string of the molecule is CCc1cc(C(=O)Nc2nccs2)n(Cc2ccc(F)c(F)c2)c1. The monoisotopic (exact) mass is 347 g/mol. The molecule has 24 heavy (non-hydrogen) atoms. The molecule has 124 valence electrons. The topological polar surface area (TPSA) is 46.9 Å². The average Bonchev–Trinajstić information content (AvgIpc) is 3.20. The maximum absolute atomic E-state index is 13.4. The Labute approximate surface area is 141 Å². The van der Waals surface area contributed by atoms with E-state index < -0.39 is 11.6 Å². The van der Waals surface area contributed by atoms with Crippen molar-refractivity contribution >= 4 is 22.4 Å². The maximum Gasteiger partial charge on any atom is 0.274 e. The third-order valence-corrected chi connectivity index (χ3v) is 4.27. The van der Waals surface area contributed by atoms with Gasteiger partial charge in [0.2, 0.25) is 0 Å². The number of thiazole rings is 1. The predicted octanol–water partition coefficient (Wildman–Crippen LogP) is 4.09. The van der Waals surface area contributed by atoms with Crippen LogP contribution in [0.5, 0.6) is 0 Å². The van der Waals surface area contributed by atoms with Gasteiger partial charge in [0.05, 0.1) is 0 Å². The van der Waals surface area contributed by atoms with Crippen molar-refractivity contribution in [1.82, 2.24) is 9.55 Å². The number of rotatable bonds is 5. The minimum atomic E-state index is -0.899. The third-order valence-electron chi connectivity index (χ3n) is 3.58. The second-order valence-electron chi connectivity index (χ2n) is 5.25. The van der Waals surface area contributed by atoms with E-state index in [1.54, 1.807) is 22.2 Å². The molecular formula is C17H15F2N3OS. The number of nitrogens with one attached hydrogen (secondary N) is 1. The number of carbonyl (C=O) groups is 1. The van der Waals surface area contributed by atoms with Crippen molar-refractivity contribution in [3.8, 4) is 0 Å². The Kier molecular flexibility index (Phi) is 4.71. The number of hydrogen-bond acceptors (Lipinski definition) is 3. The van der Waals surface area contributed by atoms with Gasteiger partial charge in [-0.25, -0.2) is 13.8 Å². The molecule has 4 nitrogen and oxygen atoms in total. The van der Waals surface area contributed by atoms with Crippen LogP contribution < -0.4 is 5.32 Å². The number of aromatic nitrogens is 2. The number of halogens is 2. The molecule has 1 amide bonds. The highest BCUT2D eigenvalue weighted by Crippen LogP contribution is 2.17. The fraction of sp³-hybridized carbons (Fsp3) is 0.176. The van der Waals surface area contributed by atoms with Gasteiger partial charge in [-0.15, -0.1) is 11.3 Å². The van der Waals surface area contributed by atoms with Crippen molar-refractivity contribution in [3.63, 3.8) is 0 Å². The van der Waals surface area contributed by atoms with Crippen molar-refractivity contribution < 1.29 is 13.6 Å². The van der Waals surface area contributed by atoms with E-state index in [1.807, 2.05) is 13.1 Å². The van der Waals surface area contributed by atoms with Gasteiger partial charge in [-0.05, 0) is 35.7 Å². The minimum Gasteiger partial charge on any atom is -0.339 e. The van der Waals surface area contributed by atoms with Gasteiger partial charge in [-0.2, -0.15) is 0 Å². The van der Waals surface area contributed by atoms with E-state index >= 15 is 0 Å². The zero-order chi connectivity index (χ0) is 17.1. The minimum absolute atomic E-state index is 0.276. The van der Waals surface area contributed by atoms with Gasteiger partial charge in [0.1, 0.15) is 5.69 Å². The quantitative estimate of drug-likeness (QED) is 0.756. The van der Waals surface area contributed by atoms with Crippen molar-refractivity contribution in [1.29, 1.82) is 0 Å². The summed E-state index contributed by atoms with van der Waals surface area (Å²) in [7, 11) is 0. The summed E-state index contributed by atoms with van der Waals surface area (Å²) in [5, 5.41) is 5.02. The summed E-state index contributed by atoms with van der Waals surface area (Å²) >= 11 is 1.33. The van der Waals surface area contributed by atoms with Gasteiger partial charge in [-0.3, -0.25) is 10.1 Å². The number of anilines is 1. The largest absolute Gasteiger partial charge is 0.339 e. The van der Waals surface area contributed by atoms with Crippen LogP contribution in [0.1, 0.15) is 28.5 Å². The second kappa shape index (κ2) is 6.92. The van der Waals surface area contributed by atoms with Crippen LogP contribution in [0.3, 0.4) is 0 Å². The standard InChI is InChI=1S/C17H15F2N3OS/c1-2-11-8-15(16(23)21-17-20-5-6-24-17)22(9-11)10-12-3-4-13(18)14(19)7-12/h3-9H,2,10H2,1H3,(H,20,21,23). The molecular weight excluding hydrogens is 332 g/mol. The number of hydrogen-bond donors (Lipinski definition) is 1. The van der Waals surface area contributed by atoms with Crippen LogP contribution in [0.4, 0.5) is 13.9 Å². The van der Waals surface area contributed by atoms with E-state index in [1.165, 1.54) is 17.4 Å². The lowest BCUT2D eigenvalue weighted by Crippen LogP contribution is -2.17. The molecule has 0 aliphatic carbocycles. The van der Waals surface area contributed by atoms with Crippen LogP contribution in [0, 0.1) is 11.6 Å². The molecule has 2 aromatic heterocycles. The van der Waals surface area contributed by atoms with Crippen LogP contribution in [-0.4, -0.2) is 15.5 Å². The number of amides is 1. The smallest absolute Gasteiger partial charge is 0.274 e. The van der Waals surface area contributed by atoms with Gasteiger partial charge in [0.25, 0.3) is 5.91 Å². The first-order valence-electron chi connectivity index (χ1n) is 7.40. The van der Waals surface area contributed by atoms with Crippen molar-refractivity contribution in [2.75, 3.05) is 5.32 Å². The van der Waals surface area contributed by atoms with E-state index in [4.69, 9.17) is 0 Å². The summed E-state index contributed by atoms with van der Waals surface area (Å²) in [4.78, 5) is 16.5. The Morgan fingerprint density at radius 1 is 1.25 bits per heavy atom. The second-order valence-corrected chi connectivity index (χ2v) is 6.15. The molecule has 1 aromatic carbocycles. The highest BCUT2D eigenvalue weighted by atomic mass is 32.1. The summed E-state index contributed by atoms with van der Waals surface area (Å²) in [6, 6.07) is 5.53. The number of nitrogens with zero attached hydrogens (tertiary/aromatic N) is 2. The molecule has 0 unspecified atom stereocenters. The highest BCUT2D eigenvalue weighted by Gasteiger charge is 2.15. The Morgan fingerprint density at radius 3 is 2.75 bits per heavy atom. The lowest BCUT2D eigenvalue weighted by molar-refractivity contribution is 0.101. The van der Waals surface area contributed by atoms with E-state index in [9.17, 15) is 13.6 Å². The van der Waals surface area contributed by atoms with Crippen molar-refractivity contribution in [2.24, 2.45) is 0 Å². The highest BCUT2D eigenvalue weighted by molar-refractivity contribution is 7.13. The molecule has 0 fully saturated rings. The molecule has 0 saturated heterocycles. The van der Waals surface area contributed by atoms with Gasteiger partial charge in [-0.1, -0.05) is 13.0 Å². The molecule has 0 atom stereocenters. The first-order chi connectivity index (χ1) is 11.6. The predicted molar refractivity (Wildman–Crippen MR) is 89.3 cm³/mol. The summed E-state index contributed by atoms with van der Waals surface area (Å²) in [6.45, 7) is 2.26. The van der Waals surface area contributed by atoms with E-state index in [0.29, 0.717) is 16.4 Å². The van der Waals surface area contributed by atoms with Crippen LogP contribution in [0.25, 0.3) is 0 Å². The Morgan fingerprint density at radius 2 is 2.08 bits per heavy atom. The molecule has 3 rings (SSSR count). The Balaban J connectivity index is 1.87. The molecule has 0 aliphatic rings. The fourth-order valence-corrected chi connectivity index (χ4v) is 2.89. The molecule has 0 spiro atoms. The lowest BCUT2D eigenvalue weighted by Gasteiger charge is -2.09. The average molecular weight is 347 g/mol. The third kappa shape index (κ3) is 3.51. The van der Waals surface area contributed by atoms with Gasteiger partial charge < -0.3 is 4.57 Å². The molecule has 0 aliphatic heterocycles. The Hall–Kier alpha value is -2.54. The number of aryl methyl sites for hydroxylation is 1. The van der Waals surface area contributed by atoms with Gasteiger partial charge in [0, 0.05) is 24.3 Å². The molecule has 3 aromatic rings. The first-order valence-corrected chi connectivity index (χ1v) is 8.28. The summed E-state index contributed by atoms with van der Waals surface area (Å²) < 4.78 is 28.2. The normalized spacial score (nSPS) is 10.8. The van der Waals surface area contributed by atoms with Gasteiger partial charge in [0.15, 0.2) is 16.8 Å². The number of carbonyl (C=O) groups excluding carboxylic acids is 1. The first kappa shape index (κ1) is 16.3. The van der Waals surface area contributed by atoms with Crippen molar-refractivity contribution in [3.05, 3.63) is 70.5 Å². The fourth-order valence-electron chi connectivity index (χ4n) is 2.37. The molecule has 0 radical (unpaired) electrons. The van der Waals surface area contributed by atoms with Crippen LogP contribution in [0.15, 0.2) is 42.0 Å². The Bertz CT molecular complexity index is 859. The zero-order valence-electron chi connectivity index (χ0n) is 12.9. The molecule has 7 heteroatoms. The summed E-state index contributed by atoms with van der Waals surface area (Å²) in [6.07, 6.45) is 4.22. The lowest BCUT2D eigenvalue weighted by atomic mass is 10.2. The van der Waals surface area contributed by atoms with Crippen molar-refractivity contribution in [2.45, 2.75) is 19.9 Å². The summed E-state index contributed by atoms with van der Waals surface area (Å²) in [5.74, 6) is -2.07.